The molecule has 1 nitrogen and oxygen atoms in total. The molecular formula is C11H17NS2. The van der Waals surface area contributed by atoms with Crippen molar-refractivity contribution in [1.82, 2.24) is 4.98 Å². The summed E-state index contributed by atoms with van der Waals surface area (Å²) in [5.41, 5.74) is 0. The van der Waals surface area contributed by atoms with Crippen LogP contribution in [0.4, 0.5) is 0 Å². The van der Waals surface area contributed by atoms with Crippen LogP contribution in [0.2, 0.25) is 0 Å². The van der Waals surface area contributed by atoms with Gasteiger partial charge in [0.25, 0.3) is 0 Å². The first-order valence-electron chi connectivity index (χ1n) is 4.86. The minimum Gasteiger partial charge on any atom is -0.262 e. The van der Waals surface area contributed by atoms with Gasteiger partial charge in [-0.3, -0.25) is 4.98 Å². The van der Waals surface area contributed by atoms with E-state index in [1.165, 1.54) is 9.79 Å². The second-order valence-corrected chi connectivity index (χ2v) is 6.99. The van der Waals surface area contributed by atoms with Gasteiger partial charge in [-0.15, -0.1) is 23.5 Å². The molecule has 0 amide bonds. The van der Waals surface area contributed by atoms with E-state index in [1.807, 2.05) is 35.9 Å². The first kappa shape index (κ1) is 11.9. The third-order valence-corrected chi connectivity index (χ3v) is 3.37. The Hall–Kier alpha value is -0.150. The van der Waals surface area contributed by atoms with Gasteiger partial charge in [-0.1, -0.05) is 27.7 Å². The van der Waals surface area contributed by atoms with E-state index >= 15 is 0 Å². The molecule has 78 valence electrons. The fraction of sp³-hybridized carbons (Fsp3) is 0.545. The summed E-state index contributed by atoms with van der Waals surface area (Å²) in [4.78, 5) is 6.79. The minimum absolute atomic E-state index is 0.621. The van der Waals surface area contributed by atoms with Crippen molar-refractivity contribution in [3.8, 4) is 0 Å². The molecule has 1 aromatic heterocycles. The predicted octanol–water partition coefficient (Wildman–Crippen LogP) is 4.08. The van der Waals surface area contributed by atoms with Crippen LogP contribution in [0.1, 0.15) is 27.7 Å². The summed E-state index contributed by atoms with van der Waals surface area (Å²) in [6, 6.07) is 2.22. The SMILES string of the molecule is CC(C)Sc1cncc(SC(C)C)c1. The number of aromatic nitrogens is 1. The van der Waals surface area contributed by atoms with Crippen LogP contribution in [-0.4, -0.2) is 15.5 Å². The van der Waals surface area contributed by atoms with Crippen LogP contribution >= 0.6 is 23.5 Å². The quantitative estimate of drug-likeness (QED) is 0.719. The second kappa shape index (κ2) is 5.66. The average molecular weight is 227 g/mol. The first-order chi connectivity index (χ1) is 6.58. The van der Waals surface area contributed by atoms with Crippen molar-refractivity contribution in [3.05, 3.63) is 18.5 Å². The molecule has 0 saturated heterocycles. The van der Waals surface area contributed by atoms with Crippen LogP contribution in [0.5, 0.6) is 0 Å². The Bertz CT molecular complexity index is 259. The van der Waals surface area contributed by atoms with Crippen molar-refractivity contribution in [2.75, 3.05) is 0 Å². The summed E-state index contributed by atoms with van der Waals surface area (Å²) < 4.78 is 0. The predicted molar refractivity (Wildman–Crippen MR) is 66.2 cm³/mol. The Morgan fingerprint density at radius 3 is 1.71 bits per heavy atom. The van der Waals surface area contributed by atoms with Gasteiger partial charge in [0, 0.05) is 32.7 Å². The van der Waals surface area contributed by atoms with E-state index in [0.717, 1.165) is 0 Å². The third-order valence-electron chi connectivity index (χ3n) is 1.43. The van der Waals surface area contributed by atoms with Crippen molar-refractivity contribution in [2.45, 2.75) is 48.0 Å². The van der Waals surface area contributed by atoms with Gasteiger partial charge in [0.1, 0.15) is 0 Å². The maximum atomic E-state index is 4.25. The van der Waals surface area contributed by atoms with E-state index in [2.05, 4.69) is 38.7 Å². The summed E-state index contributed by atoms with van der Waals surface area (Å²) in [7, 11) is 0. The number of nitrogens with zero attached hydrogens (tertiary/aromatic N) is 1. The fourth-order valence-corrected chi connectivity index (χ4v) is 2.87. The molecule has 1 aromatic rings. The average Bonchev–Trinajstić information content (AvgIpc) is 2.01. The Balaban J connectivity index is 2.68. The summed E-state index contributed by atoms with van der Waals surface area (Å²) in [5, 5.41) is 1.24. The summed E-state index contributed by atoms with van der Waals surface area (Å²) >= 11 is 3.73. The van der Waals surface area contributed by atoms with Crippen molar-refractivity contribution in [1.29, 1.82) is 0 Å². The molecule has 0 unspecified atom stereocenters. The summed E-state index contributed by atoms with van der Waals surface area (Å²) in [6.07, 6.45) is 3.88. The van der Waals surface area contributed by atoms with E-state index in [0.29, 0.717) is 10.5 Å². The molecule has 14 heavy (non-hydrogen) atoms. The molecule has 0 aliphatic heterocycles. The van der Waals surface area contributed by atoms with Crippen molar-refractivity contribution in [3.63, 3.8) is 0 Å². The lowest BCUT2D eigenvalue weighted by molar-refractivity contribution is 1.08. The molecule has 0 atom stereocenters. The number of hydrogen-bond donors (Lipinski definition) is 0. The van der Waals surface area contributed by atoms with Crippen LogP contribution < -0.4 is 0 Å². The number of thioether (sulfide) groups is 2. The molecule has 3 heteroatoms. The molecule has 0 radical (unpaired) electrons. The lowest BCUT2D eigenvalue weighted by Gasteiger charge is -2.07. The lowest BCUT2D eigenvalue weighted by Crippen LogP contribution is -1.89. The summed E-state index contributed by atoms with van der Waals surface area (Å²) in [5.74, 6) is 0. The van der Waals surface area contributed by atoms with Gasteiger partial charge < -0.3 is 0 Å². The van der Waals surface area contributed by atoms with Gasteiger partial charge in [0.05, 0.1) is 0 Å². The summed E-state index contributed by atoms with van der Waals surface area (Å²) in [6.45, 7) is 8.81. The molecule has 0 spiro atoms. The monoisotopic (exact) mass is 227 g/mol. The minimum atomic E-state index is 0.621. The highest BCUT2D eigenvalue weighted by Gasteiger charge is 2.02. The van der Waals surface area contributed by atoms with Crippen molar-refractivity contribution >= 4 is 23.5 Å². The van der Waals surface area contributed by atoms with Crippen LogP contribution in [0.25, 0.3) is 0 Å². The van der Waals surface area contributed by atoms with E-state index in [-0.39, 0.29) is 0 Å². The molecule has 0 aromatic carbocycles. The maximum absolute atomic E-state index is 4.25. The zero-order chi connectivity index (χ0) is 10.6. The molecule has 0 aliphatic carbocycles. The van der Waals surface area contributed by atoms with Gasteiger partial charge >= 0.3 is 0 Å². The molecule has 0 fully saturated rings. The molecule has 1 rings (SSSR count). The largest absolute Gasteiger partial charge is 0.262 e. The molecule has 0 bridgehead atoms. The van der Waals surface area contributed by atoms with Crippen LogP contribution in [0.15, 0.2) is 28.3 Å². The Morgan fingerprint density at radius 2 is 1.36 bits per heavy atom. The number of rotatable bonds is 4. The Kier molecular flexibility index (Phi) is 4.82. The van der Waals surface area contributed by atoms with E-state index in [1.54, 1.807) is 0 Å². The van der Waals surface area contributed by atoms with Crippen LogP contribution in [0, 0.1) is 0 Å². The van der Waals surface area contributed by atoms with Gasteiger partial charge in [0.15, 0.2) is 0 Å². The zero-order valence-corrected chi connectivity index (χ0v) is 10.8. The van der Waals surface area contributed by atoms with Crippen molar-refractivity contribution < 1.29 is 0 Å². The van der Waals surface area contributed by atoms with Gasteiger partial charge in [0.2, 0.25) is 0 Å². The van der Waals surface area contributed by atoms with E-state index in [4.69, 9.17) is 0 Å². The number of hydrogen-bond acceptors (Lipinski definition) is 3. The zero-order valence-electron chi connectivity index (χ0n) is 9.15. The molecule has 0 saturated carbocycles. The van der Waals surface area contributed by atoms with E-state index in [9.17, 15) is 0 Å². The third kappa shape index (κ3) is 4.38. The smallest absolute Gasteiger partial charge is 0.0404 e. The lowest BCUT2D eigenvalue weighted by atomic mass is 10.5. The van der Waals surface area contributed by atoms with Crippen LogP contribution in [-0.2, 0) is 0 Å². The number of pyridine rings is 1. The highest BCUT2D eigenvalue weighted by molar-refractivity contribution is 8.00. The highest BCUT2D eigenvalue weighted by atomic mass is 32.2. The van der Waals surface area contributed by atoms with Crippen molar-refractivity contribution in [2.24, 2.45) is 0 Å². The second-order valence-electron chi connectivity index (χ2n) is 3.69. The van der Waals surface area contributed by atoms with Gasteiger partial charge in [-0.2, -0.15) is 0 Å². The topological polar surface area (TPSA) is 12.9 Å². The molecular weight excluding hydrogens is 210 g/mol. The standard InChI is InChI=1S/C11H17NS2/c1-8(2)13-10-5-11(7-12-6-10)14-9(3)4/h5-9H,1-4H3. The highest BCUT2D eigenvalue weighted by Crippen LogP contribution is 2.28. The van der Waals surface area contributed by atoms with E-state index < -0.39 is 0 Å². The molecule has 0 aliphatic rings. The molecule has 0 N–H and O–H groups in total. The fourth-order valence-electron chi connectivity index (χ4n) is 1.07. The van der Waals surface area contributed by atoms with Crippen LogP contribution in [0.3, 0.4) is 0 Å². The Morgan fingerprint density at radius 1 is 0.929 bits per heavy atom. The Labute approximate surface area is 95.1 Å². The van der Waals surface area contributed by atoms with Gasteiger partial charge in [-0.05, 0) is 6.07 Å². The van der Waals surface area contributed by atoms with Gasteiger partial charge in [-0.25, -0.2) is 0 Å². The normalized spacial score (nSPS) is 11.3. The first-order valence-corrected chi connectivity index (χ1v) is 6.62. The molecule has 1 heterocycles. The maximum Gasteiger partial charge on any atom is 0.0404 e.